The maximum atomic E-state index is 10.8. The summed E-state index contributed by atoms with van der Waals surface area (Å²) in [6.45, 7) is 0. The van der Waals surface area contributed by atoms with E-state index in [0.29, 0.717) is 0 Å². The predicted molar refractivity (Wildman–Crippen MR) is 52.4 cm³/mol. The minimum Gasteiger partial charge on any atom is -0.272 e. The number of nitrogens with zero attached hydrogens (tertiary/aromatic N) is 2. The quantitative estimate of drug-likeness (QED) is 0.567. The highest BCUT2D eigenvalue weighted by atomic mass is 16.2. The van der Waals surface area contributed by atoms with Crippen LogP contribution >= 0.6 is 0 Å². The standard InChI is InChI=1S/C10H9N3O/c11-7-6-10(14)13-12-8-9-4-2-1-3-5-9/h1-5,8H,6H2,(H,13,14)/b12-8+. The maximum Gasteiger partial charge on any atom is 0.254 e. The second-order valence-electron chi connectivity index (χ2n) is 2.54. The van der Waals surface area contributed by atoms with E-state index in [1.54, 1.807) is 6.07 Å². The third kappa shape index (κ3) is 3.50. The number of nitrogens with one attached hydrogen (secondary N) is 1. The number of rotatable bonds is 3. The van der Waals surface area contributed by atoms with Crippen molar-refractivity contribution < 1.29 is 4.79 Å². The van der Waals surface area contributed by atoms with Gasteiger partial charge in [0.15, 0.2) is 0 Å². The zero-order valence-corrected chi connectivity index (χ0v) is 7.47. The van der Waals surface area contributed by atoms with E-state index in [2.05, 4.69) is 10.5 Å². The van der Waals surface area contributed by atoms with Crippen molar-refractivity contribution in [3.63, 3.8) is 0 Å². The van der Waals surface area contributed by atoms with Gasteiger partial charge in [-0.25, -0.2) is 5.43 Å². The van der Waals surface area contributed by atoms with E-state index < -0.39 is 5.91 Å². The molecule has 0 aliphatic heterocycles. The lowest BCUT2D eigenvalue weighted by Gasteiger charge is -1.93. The van der Waals surface area contributed by atoms with Gasteiger partial charge in [0, 0.05) is 0 Å². The third-order valence-electron chi connectivity index (χ3n) is 1.44. The van der Waals surface area contributed by atoms with E-state index in [1.165, 1.54) is 6.21 Å². The Balaban J connectivity index is 2.43. The fourth-order valence-electron chi connectivity index (χ4n) is 0.829. The van der Waals surface area contributed by atoms with Crippen LogP contribution in [0.2, 0.25) is 0 Å². The number of carbonyl (C=O) groups is 1. The number of benzene rings is 1. The maximum absolute atomic E-state index is 10.8. The van der Waals surface area contributed by atoms with Gasteiger partial charge >= 0.3 is 0 Å². The summed E-state index contributed by atoms with van der Waals surface area (Å²) in [4.78, 5) is 10.8. The van der Waals surface area contributed by atoms with E-state index in [0.717, 1.165) is 5.56 Å². The molecule has 70 valence electrons. The minimum atomic E-state index is -0.403. The van der Waals surface area contributed by atoms with Crippen LogP contribution in [0.5, 0.6) is 0 Å². The van der Waals surface area contributed by atoms with Gasteiger partial charge in [0.2, 0.25) is 0 Å². The molecule has 0 aliphatic carbocycles. The number of carbonyl (C=O) groups excluding carboxylic acids is 1. The van der Waals surface area contributed by atoms with Crippen molar-refractivity contribution in [3.8, 4) is 6.07 Å². The van der Waals surface area contributed by atoms with Crippen LogP contribution in [0.4, 0.5) is 0 Å². The Morgan fingerprint density at radius 2 is 2.21 bits per heavy atom. The number of hydrogen-bond donors (Lipinski definition) is 1. The van der Waals surface area contributed by atoms with E-state index in [4.69, 9.17) is 5.26 Å². The van der Waals surface area contributed by atoms with Gasteiger partial charge in [-0.1, -0.05) is 30.3 Å². The molecule has 0 bridgehead atoms. The average Bonchev–Trinajstić information content (AvgIpc) is 2.20. The first-order valence-electron chi connectivity index (χ1n) is 4.07. The first kappa shape index (κ1) is 9.93. The third-order valence-corrected chi connectivity index (χ3v) is 1.44. The molecule has 0 unspecified atom stereocenters. The summed E-state index contributed by atoms with van der Waals surface area (Å²) in [5.74, 6) is -0.403. The Bertz CT molecular complexity index is 365. The first-order chi connectivity index (χ1) is 6.83. The highest BCUT2D eigenvalue weighted by molar-refractivity contribution is 5.82. The molecular formula is C10H9N3O. The Labute approximate surface area is 81.9 Å². The monoisotopic (exact) mass is 187 g/mol. The molecule has 0 saturated carbocycles. The zero-order chi connectivity index (χ0) is 10.2. The smallest absolute Gasteiger partial charge is 0.254 e. The Kier molecular flexibility index (Phi) is 3.89. The van der Waals surface area contributed by atoms with Crippen LogP contribution in [-0.2, 0) is 4.79 Å². The van der Waals surface area contributed by atoms with Crippen molar-refractivity contribution in [3.05, 3.63) is 35.9 Å². The van der Waals surface area contributed by atoms with Crippen LogP contribution in [0.1, 0.15) is 12.0 Å². The molecule has 0 atom stereocenters. The molecule has 0 radical (unpaired) electrons. The first-order valence-corrected chi connectivity index (χ1v) is 4.07. The molecule has 1 rings (SSSR count). The van der Waals surface area contributed by atoms with Gasteiger partial charge in [-0.15, -0.1) is 0 Å². The lowest BCUT2D eigenvalue weighted by atomic mass is 10.2. The lowest BCUT2D eigenvalue weighted by Crippen LogP contribution is -2.16. The number of hydrogen-bond acceptors (Lipinski definition) is 3. The van der Waals surface area contributed by atoms with E-state index in [1.807, 2.05) is 30.3 Å². The van der Waals surface area contributed by atoms with Crippen LogP contribution in [0, 0.1) is 11.3 Å². The van der Waals surface area contributed by atoms with Crippen LogP contribution in [0.15, 0.2) is 35.4 Å². The molecule has 1 aromatic rings. The molecule has 0 saturated heterocycles. The molecule has 0 aliphatic rings. The number of hydrazone groups is 1. The fraction of sp³-hybridized carbons (Fsp3) is 0.100. The SMILES string of the molecule is N#CCC(=O)N/N=C/c1ccccc1. The Morgan fingerprint density at radius 1 is 1.50 bits per heavy atom. The Hall–Kier alpha value is -2.15. The summed E-state index contributed by atoms with van der Waals surface area (Å²) in [6.07, 6.45) is 1.35. The summed E-state index contributed by atoms with van der Waals surface area (Å²) in [5, 5.41) is 11.9. The van der Waals surface area contributed by atoms with Gasteiger partial charge in [-0.2, -0.15) is 10.4 Å². The van der Waals surface area contributed by atoms with Gasteiger partial charge in [0.25, 0.3) is 5.91 Å². The molecule has 4 nitrogen and oxygen atoms in total. The van der Waals surface area contributed by atoms with Crippen molar-refractivity contribution in [1.29, 1.82) is 5.26 Å². The van der Waals surface area contributed by atoms with Crippen molar-refractivity contribution >= 4 is 12.1 Å². The van der Waals surface area contributed by atoms with Crippen LogP contribution < -0.4 is 5.43 Å². The summed E-state index contributed by atoms with van der Waals surface area (Å²) < 4.78 is 0. The second kappa shape index (κ2) is 5.49. The predicted octanol–water partition coefficient (Wildman–Crippen LogP) is 1.05. The number of amides is 1. The average molecular weight is 187 g/mol. The molecular weight excluding hydrogens is 178 g/mol. The molecule has 0 heterocycles. The topological polar surface area (TPSA) is 65.2 Å². The second-order valence-corrected chi connectivity index (χ2v) is 2.54. The normalized spacial score (nSPS) is 9.64. The van der Waals surface area contributed by atoms with Gasteiger partial charge in [0.05, 0.1) is 12.3 Å². The van der Waals surface area contributed by atoms with E-state index >= 15 is 0 Å². The summed E-state index contributed by atoms with van der Waals surface area (Å²) in [5.41, 5.74) is 3.13. The summed E-state index contributed by atoms with van der Waals surface area (Å²) in [7, 11) is 0. The van der Waals surface area contributed by atoms with Gasteiger partial charge < -0.3 is 0 Å². The molecule has 1 aromatic carbocycles. The largest absolute Gasteiger partial charge is 0.272 e. The molecule has 1 N–H and O–H groups in total. The molecule has 0 fully saturated rings. The fourth-order valence-corrected chi connectivity index (χ4v) is 0.829. The van der Waals surface area contributed by atoms with Crippen LogP contribution in [0.25, 0.3) is 0 Å². The molecule has 14 heavy (non-hydrogen) atoms. The molecule has 1 amide bonds. The minimum absolute atomic E-state index is 0.174. The summed E-state index contributed by atoms with van der Waals surface area (Å²) in [6, 6.07) is 11.1. The zero-order valence-electron chi connectivity index (χ0n) is 7.47. The molecule has 0 spiro atoms. The summed E-state index contributed by atoms with van der Waals surface area (Å²) >= 11 is 0. The van der Waals surface area contributed by atoms with Gasteiger partial charge in [0.1, 0.15) is 6.42 Å². The van der Waals surface area contributed by atoms with Crippen LogP contribution in [-0.4, -0.2) is 12.1 Å². The van der Waals surface area contributed by atoms with E-state index in [9.17, 15) is 4.79 Å². The van der Waals surface area contributed by atoms with Crippen molar-refractivity contribution in [1.82, 2.24) is 5.43 Å². The van der Waals surface area contributed by atoms with Gasteiger partial charge in [-0.05, 0) is 5.56 Å². The van der Waals surface area contributed by atoms with Crippen molar-refractivity contribution in [2.24, 2.45) is 5.10 Å². The van der Waals surface area contributed by atoms with Gasteiger partial charge in [-0.3, -0.25) is 4.79 Å². The molecule has 4 heteroatoms. The molecule has 0 aromatic heterocycles. The van der Waals surface area contributed by atoms with E-state index in [-0.39, 0.29) is 6.42 Å². The Morgan fingerprint density at radius 3 is 2.86 bits per heavy atom. The van der Waals surface area contributed by atoms with Crippen molar-refractivity contribution in [2.75, 3.05) is 0 Å². The lowest BCUT2D eigenvalue weighted by molar-refractivity contribution is -0.120. The highest BCUT2D eigenvalue weighted by Gasteiger charge is 1.94. The van der Waals surface area contributed by atoms with Crippen molar-refractivity contribution in [2.45, 2.75) is 6.42 Å². The van der Waals surface area contributed by atoms with Crippen LogP contribution in [0.3, 0.4) is 0 Å². The highest BCUT2D eigenvalue weighted by Crippen LogP contribution is 1.93. The number of nitriles is 1.